The van der Waals surface area contributed by atoms with Crippen LogP contribution in [0.15, 0.2) is 73.1 Å². The monoisotopic (exact) mass is 364 g/mol. The number of nitrogens with two attached hydrogens (primary N) is 1. The number of thiazole rings is 1. The Bertz CT molecular complexity index is 825. The van der Waals surface area contributed by atoms with Crippen LogP contribution in [0.2, 0.25) is 0 Å². The second kappa shape index (κ2) is 9.17. The molecule has 3 rings (SSSR count). The molecular formula is C21H24N4S. The molecule has 0 aliphatic heterocycles. The van der Waals surface area contributed by atoms with Crippen LogP contribution in [0, 0.1) is 0 Å². The minimum absolute atomic E-state index is 0.238. The van der Waals surface area contributed by atoms with Gasteiger partial charge < -0.3 is 16.4 Å². The number of hydrogen-bond acceptors (Lipinski definition) is 5. The van der Waals surface area contributed by atoms with Crippen LogP contribution in [0.25, 0.3) is 0 Å². The van der Waals surface area contributed by atoms with Gasteiger partial charge in [0.25, 0.3) is 0 Å². The molecule has 1 atom stereocenters. The quantitative estimate of drug-likeness (QED) is 0.538. The summed E-state index contributed by atoms with van der Waals surface area (Å²) in [7, 11) is 0. The predicted octanol–water partition coefficient (Wildman–Crippen LogP) is 4.79. The van der Waals surface area contributed by atoms with Crippen molar-refractivity contribution in [3.8, 4) is 0 Å². The molecule has 0 saturated carbocycles. The van der Waals surface area contributed by atoms with Crippen molar-refractivity contribution in [3.63, 3.8) is 0 Å². The van der Waals surface area contributed by atoms with Gasteiger partial charge in [0.1, 0.15) is 0 Å². The molecule has 26 heavy (non-hydrogen) atoms. The molecule has 0 spiro atoms. The molecule has 0 amide bonds. The highest BCUT2D eigenvalue weighted by molar-refractivity contribution is 7.15. The van der Waals surface area contributed by atoms with Gasteiger partial charge in [-0.05, 0) is 36.4 Å². The fourth-order valence-electron chi connectivity index (χ4n) is 2.61. The average molecular weight is 365 g/mol. The van der Waals surface area contributed by atoms with Crippen LogP contribution < -0.4 is 16.4 Å². The first-order valence-corrected chi connectivity index (χ1v) is 9.53. The SMILES string of the molecule is CC(Nc1ncc(Cc2ccc(N/C=C\CN)cc2)s1)c1ccccc1. The lowest BCUT2D eigenvalue weighted by atomic mass is 10.1. The Morgan fingerprint density at radius 2 is 1.88 bits per heavy atom. The Hall–Kier alpha value is -2.63. The highest BCUT2D eigenvalue weighted by atomic mass is 32.1. The fourth-order valence-corrected chi connectivity index (χ4v) is 3.54. The van der Waals surface area contributed by atoms with E-state index < -0.39 is 0 Å². The maximum atomic E-state index is 5.43. The maximum Gasteiger partial charge on any atom is 0.183 e. The third-order valence-corrected chi connectivity index (χ3v) is 4.96. The van der Waals surface area contributed by atoms with Gasteiger partial charge in [-0.2, -0.15) is 0 Å². The number of hydrogen-bond donors (Lipinski definition) is 3. The van der Waals surface area contributed by atoms with E-state index >= 15 is 0 Å². The molecule has 0 saturated heterocycles. The van der Waals surface area contributed by atoms with Crippen LogP contribution in [0.5, 0.6) is 0 Å². The van der Waals surface area contributed by atoms with Gasteiger partial charge in [0.05, 0.1) is 6.04 Å². The van der Waals surface area contributed by atoms with Crippen molar-refractivity contribution in [1.82, 2.24) is 4.98 Å². The average Bonchev–Trinajstić information content (AvgIpc) is 3.11. The smallest absolute Gasteiger partial charge is 0.183 e. The molecule has 2 aromatic carbocycles. The number of aromatic nitrogens is 1. The first kappa shape index (κ1) is 18.2. The van der Waals surface area contributed by atoms with Gasteiger partial charge >= 0.3 is 0 Å². The lowest BCUT2D eigenvalue weighted by Crippen LogP contribution is -2.05. The molecule has 5 heteroatoms. The van der Waals surface area contributed by atoms with Crippen LogP contribution in [0.4, 0.5) is 10.8 Å². The molecule has 0 fully saturated rings. The van der Waals surface area contributed by atoms with Gasteiger partial charge in [0, 0.05) is 29.7 Å². The second-order valence-corrected chi connectivity index (χ2v) is 7.18. The van der Waals surface area contributed by atoms with Crippen molar-refractivity contribution in [3.05, 3.63) is 89.1 Å². The number of benzene rings is 2. The summed E-state index contributed by atoms with van der Waals surface area (Å²) in [4.78, 5) is 5.77. The molecule has 0 aliphatic rings. The zero-order valence-electron chi connectivity index (χ0n) is 14.9. The van der Waals surface area contributed by atoms with E-state index in [1.807, 2.05) is 24.5 Å². The highest BCUT2D eigenvalue weighted by Crippen LogP contribution is 2.25. The summed E-state index contributed by atoms with van der Waals surface area (Å²) in [5.41, 5.74) is 9.02. The number of rotatable bonds is 8. The van der Waals surface area contributed by atoms with Crippen LogP contribution >= 0.6 is 11.3 Å². The van der Waals surface area contributed by atoms with Crippen molar-refractivity contribution >= 4 is 22.2 Å². The number of anilines is 2. The van der Waals surface area contributed by atoms with Gasteiger partial charge in [0.2, 0.25) is 0 Å². The second-order valence-electron chi connectivity index (χ2n) is 6.06. The van der Waals surface area contributed by atoms with E-state index in [4.69, 9.17) is 5.73 Å². The molecule has 0 radical (unpaired) electrons. The summed E-state index contributed by atoms with van der Waals surface area (Å²) in [6.07, 6.45) is 6.60. The molecule has 3 aromatic rings. The van der Waals surface area contributed by atoms with E-state index in [1.165, 1.54) is 16.0 Å². The topological polar surface area (TPSA) is 63.0 Å². The zero-order valence-corrected chi connectivity index (χ0v) is 15.7. The van der Waals surface area contributed by atoms with Gasteiger partial charge in [-0.15, -0.1) is 11.3 Å². The Morgan fingerprint density at radius 3 is 2.62 bits per heavy atom. The molecule has 4 N–H and O–H groups in total. The summed E-state index contributed by atoms with van der Waals surface area (Å²) in [5, 5.41) is 7.64. The third kappa shape index (κ3) is 5.18. The summed E-state index contributed by atoms with van der Waals surface area (Å²) in [5.74, 6) is 0. The number of nitrogens with zero attached hydrogens (tertiary/aromatic N) is 1. The first-order chi connectivity index (χ1) is 12.7. The zero-order chi connectivity index (χ0) is 18.2. The van der Waals surface area contributed by atoms with E-state index in [2.05, 4.69) is 71.1 Å². The van der Waals surface area contributed by atoms with Gasteiger partial charge in [0.15, 0.2) is 5.13 Å². The van der Waals surface area contributed by atoms with Gasteiger partial charge in [-0.25, -0.2) is 4.98 Å². The van der Waals surface area contributed by atoms with E-state index in [9.17, 15) is 0 Å². The van der Waals surface area contributed by atoms with E-state index in [0.29, 0.717) is 6.54 Å². The van der Waals surface area contributed by atoms with Crippen molar-refractivity contribution < 1.29 is 0 Å². The Kier molecular flexibility index (Phi) is 6.41. The summed E-state index contributed by atoms with van der Waals surface area (Å²) in [6, 6.07) is 19.1. The summed E-state index contributed by atoms with van der Waals surface area (Å²) < 4.78 is 0. The molecule has 1 heterocycles. The summed E-state index contributed by atoms with van der Waals surface area (Å²) >= 11 is 1.71. The fraction of sp³-hybridized carbons (Fsp3) is 0.190. The molecule has 4 nitrogen and oxygen atoms in total. The van der Waals surface area contributed by atoms with E-state index in [0.717, 1.165) is 17.2 Å². The normalized spacial score (nSPS) is 12.2. The maximum absolute atomic E-state index is 5.43. The molecular weight excluding hydrogens is 340 g/mol. The van der Waals surface area contributed by atoms with Crippen molar-refractivity contribution in [1.29, 1.82) is 0 Å². The highest BCUT2D eigenvalue weighted by Gasteiger charge is 2.08. The lowest BCUT2D eigenvalue weighted by Gasteiger charge is -2.12. The van der Waals surface area contributed by atoms with E-state index in [-0.39, 0.29) is 6.04 Å². The predicted molar refractivity (Wildman–Crippen MR) is 112 cm³/mol. The van der Waals surface area contributed by atoms with Crippen LogP contribution in [0.3, 0.4) is 0 Å². The third-order valence-electron chi connectivity index (χ3n) is 4.03. The molecule has 0 aliphatic carbocycles. The van der Waals surface area contributed by atoms with E-state index in [1.54, 1.807) is 11.3 Å². The summed E-state index contributed by atoms with van der Waals surface area (Å²) in [6.45, 7) is 2.69. The van der Waals surface area contributed by atoms with Crippen LogP contribution in [0.1, 0.15) is 29.0 Å². The number of nitrogens with one attached hydrogen (secondary N) is 2. The first-order valence-electron chi connectivity index (χ1n) is 8.71. The van der Waals surface area contributed by atoms with Crippen molar-refractivity contribution in [2.24, 2.45) is 5.73 Å². The Morgan fingerprint density at radius 1 is 1.12 bits per heavy atom. The van der Waals surface area contributed by atoms with Crippen molar-refractivity contribution in [2.45, 2.75) is 19.4 Å². The van der Waals surface area contributed by atoms with Gasteiger partial charge in [-0.1, -0.05) is 48.5 Å². The largest absolute Gasteiger partial charge is 0.362 e. The van der Waals surface area contributed by atoms with Crippen LogP contribution in [-0.2, 0) is 6.42 Å². The lowest BCUT2D eigenvalue weighted by molar-refractivity contribution is 0.881. The molecule has 0 bridgehead atoms. The molecule has 1 aromatic heterocycles. The molecule has 1 unspecified atom stereocenters. The minimum atomic E-state index is 0.238. The minimum Gasteiger partial charge on any atom is -0.362 e. The Balaban J connectivity index is 1.57. The van der Waals surface area contributed by atoms with Crippen molar-refractivity contribution in [2.75, 3.05) is 17.2 Å². The van der Waals surface area contributed by atoms with Gasteiger partial charge in [-0.3, -0.25) is 0 Å². The Labute approximate surface area is 158 Å². The molecule has 134 valence electrons. The standard InChI is InChI=1S/C21H24N4S/c1-16(18-6-3-2-4-7-18)25-21-24-15-20(26-21)14-17-8-10-19(11-9-17)23-13-5-12-22/h2-11,13,15-16,23H,12,14,22H2,1H3,(H,24,25)/b13-5-. The van der Waals surface area contributed by atoms with Crippen LogP contribution in [-0.4, -0.2) is 11.5 Å².